The quantitative estimate of drug-likeness (QED) is 0.610. The first-order valence-corrected chi connectivity index (χ1v) is 9.36. The van der Waals surface area contributed by atoms with E-state index in [1.54, 1.807) is 18.7 Å². The zero-order valence-corrected chi connectivity index (χ0v) is 16.0. The van der Waals surface area contributed by atoms with Crippen molar-refractivity contribution in [2.24, 2.45) is 0 Å². The van der Waals surface area contributed by atoms with E-state index in [1.807, 2.05) is 34.0 Å². The van der Waals surface area contributed by atoms with Gasteiger partial charge in [-0.25, -0.2) is 4.98 Å². The molecule has 0 saturated heterocycles. The molecule has 27 heavy (non-hydrogen) atoms. The maximum atomic E-state index is 13.1. The van der Waals surface area contributed by atoms with E-state index in [0.717, 1.165) is 36.2 Å². The minimum absolute atomic E-state index is 0.163. The summed E-state index contributed by atoms with van der Waals surface area (Å²) in [5.74, 6) is 0.163. The lowest BCUT2D eigenvalue weighted by Crippen LogP contribution is -2.34. The number of aromatic nitrogens is 3. The van der Waals surface area contributed by atoms with Crippen LogP contribution in [0.5, 0.6) is 0 Å². The summed E-state index contributed by atoms with van der Waals surface area (Å²) < 4.78 is 2.00. The van der Waals surface area contributed by atoms with Crippen LogP contribution in [0.2, 0.25) is 0 Å². The highest BCUT2D eigenvalue weighted by atomic mass is 16.2. The average Bonchev–Trinajstić information content (AvgIpc) is 3.18. The lowest BCUT2D eigenvalue weighted by Gasteiger charge is -2.26. The summed E-state index contributed by atoms with van der Waals surface area (Å²) in [4.78, 5) is 23.3. The van der Waals surface area contributed by atoms with Gasteiger partial charge in [0.1, 0.15) is 0 Å². The monoisotopic (exact) mass is 362 g/mol. The van der Waals surface area contributed by atoms with Crippen LogP contribution < -0.4 is 4.90 Å². The van der Waals surface area contributed by atoms with Crippen molar-refractivity contribution in [3.63, 3.8) is 0 Å². The number of carbonyl (C=O) groups excluding carboxylic acids is 1. The minimum atomic E-state index is 0.163. The highest BCUT2D eigenvalue weighted by Gasteiger charge is 2.19. The molecule has 2 aromatic heterocycles. The second kappa shape index (κ2) is 9.12. The Hall–Kier alpha value is -2.95. The number of amides is 1. The molecule has 1 aromatic carbocycles. The fourth-order valence-corrected chi connectivity index (χ4v) is 3.35. The molecule has 1 amide bonds. The molecule has 0 radical (unpaired) electrons. The molecule has 5 heteroatoms. The van der Waals surface area contributed by atoms with E-state index in [1.165, 1.54) is 5.56 Å². The van der Waals surface area contributed by atoms with Crippen molar-refractivity contribution in [1.29, 1.82) is 0 Å². The molecule has 0 bridgehead atoms. The van der Waals surface area contributed by atoms with Crippen LogP contribution in [0.3, 0.4) is 0 Å². The topological polar surface area (TPSA) is 51.0 Å². The second-order valence-corrected chi connectivity index (χ2v) is 6.80. The number of imidazole rings is 1. The van der Waals surface area contributed by atoms with Crippen LogP contribution in [0.1, 0.15) is 29.5 Å². The molecule has 0 saturated carbocycles. The highest BCUT2D eigenvalue weighted by molar-refractivity contribution is 5.94. The summed E-state index contributed by atoms with van der Waals surface area (Å²) in [6, 6.07) is 10.2. The van der Waals surface area contributed by atoms with Gasteiger partial charge in [0.05, 0.1) is 6.33 Å². The lowest BCUT2D eigenvalue weighted by atomic mass is 10.1. The highest BCUT2D eigenvalue weighted by Crippen LogP contribution is 2.25. The number of hydrogen-bond donors (Lipinski definition) is 0. The van der Waals surface area contributed by atoms with Crippen LogP contribution in [0.15, 0.2) is 61.4 Å². The molecule has 0 N–H and O–H groups in total. The number of hydrogen-bond acceptors (Lipinski definition) is 3. The first-order chi connectivity index (χ1) is 13.1. The van der Waals surface area contributed by atoms with Crippen LogP contribution in [0, 0.1) is 13.8 Å². The number of benzene rings is 1. The molecule has 0 aliphatic heterocycles. The van der Waals surface area contributed by atoms with Crippen molar-refractivity contribution in [2.75, 3.05) is 11.4 Å². The van der Waals surface area contributed by atoms with Crippen molar-refractivity contribution in [3.05, 3.63) is 78.1 Å². The Kier molecular flexibility index (Phi) is 6.36. The second-order valence-electron chi connectivity index (χ2n) is 6.80. The number of rotatable bonds is 8. The summed E-state index contributed by atoms with van der Waals surface area (Å²) in [5, 5.41) is 0. The first kappa shape index (κ1) is 18.8. The molecule has 140 valence electrons. The molecule has 3 aromatic rings. The number of aryl methyl sites for hydroxylation is 3. The Morgan fingerprint density at radius 2 is 1.89 bits per heavy atom. The van der Waals surface area contributed by atoms with Crippen LogP contribution in [0.25, 0.3) is 0 Å². The molecule has 3 rings (SSSR count). The van der Waals surface area contributed by atoms with E-state index in [2.05, 4.69) is 42.0 Å². The van der Waals surface area contributed by atoms with Crippen molar-refractivity contribution < 1.29 is 4.79 Å². The molecule has 0 aliphatic carbocycles. The lowest BCUT2D eigenvalue weighted by molar-refractivity contribution is -0.118. The van der Waals surface area contributed by atoms with Gasteiger partial charge in [-0.3, -0.25) is 9.78 Å². The Balaban J connectivity index is 1.71. The SMILES string of the molecule is Cc1cccc(C)c1N(CCn1ccnc1)C(=O)CCCc1cccnc1. The smallest absolute Gasteiger partial charge is 0.227 e. The summed E-state index contributed by atoms with van der Waals surface area (Å²) >= 11 is 0. The summed E-state index contributed by atoms with van der Waals surface area (Å²) in [5.41, 5.74) is 4.45. The predicted octanol–water partition coefficient (Wildman–Crippen LogP) is 3.95. The van der Waals surface area contributed by atoms with E-state index >= 15 is 0 Å². The van der Waals surface area contributed by atoms with Crippen LogP contribution >= 0.6 is 0 Å². The maximum absolute atomic E-state index is 13.1. The fraction of sp³-hybridized carbons (Fsp3) is 0.318. The van der Waals surface area contributed by atoms with E-state index < -0.39 is 0 Å². The summed E-state index contributed by atoms with van der Waals surface area (Å²) in [6.07, 6.45) is 11.3. The van der Waals surface area contributed by atoms with Gasteiger partial charge in [0, 0.05) is 50.0 Å². The first-order valence-electron chi connectivity index (χ1n) is 9.36. The van der Waals surface area contributed by atoms with Crippen molar-refractivity contribution >= 4 is 11.6 Å². The normalized spacial score (nSPS) is 10.7. The zero-order chi connectivity index (χ0) is 19.1. The minimum Gasteiger partial charge on any atom is -0.336 e. The number of carbonyl (C=O) groups is 1. The Morgan fingerprint density at radius 3 is 2.56 bits per heavy atom. The van der Waals surface area contributed by atoms with Crippen molar-refractivity contribution in [2.45, 2.75) is 39.7 Å². The van der Waals surface area contributed by atoms with E-state index in [0.29, 0.717) is 13.0 Å². The van der Waals surface area contributed by atoms with Crippen LogP contribution in [-0.2, 0) is 17.8 Å². The Labute approximate surface area is 160 Å². The third kappa shape index (κ3) is 5.03. The Morgan fingerprint density at radius 1 is 1.07 bits per heavy atom. The number of nitrogens with zero attached hydrogens (tertiary/aromatic N) is 4. The van der Waals surface area contributed by atoms with Gasteiger partial charge < -0.3 is 9.47 Å². The van der Waals surface area contributed by atoms with Gasteiger partial charge >= 0.3 is 0 Å². The van der Waals surface area contributed by atoms with Gasteiger partial charge in [0.25, 0.3) is 0 Å². The number of para-hydroxylation sites is 1. The third-order valence-electron chi connectivity index (χ3n) is 4.73. The van der Waals surface area contributed by atoms with Crippen molar-refractivity contribution in [1.82, 2.24) is 14.5 Å². The average molecular weight is 362 g/mol. The summed E-state index contributed by atoms with van der Waals surface area (Å²) in [6.45, 7) is 5.49. The van der Waals surface area contributed by atoms with Gasteiger partial charge in [0.2, 0.25) is 5.91 Å². The van der Waals surface area contributed by atoms with Gasteiger partial charge in [-0.05, 0) is 49.4 Å². The standard InChI is InChI=1S/C22H26N4O/c1-18-6-3-7-19(2)22(18)26(15-14-25-13-12-24-17-25)21(27)10-4-8-20-9-5-11-23-16-20/h3,5-7,9,11-13,16-17H,4,8,10,14-15H2,1-2H3. The van der Waals surface area contributed by atoms with Gasteiger partial charge in [-0.1, -0.05) is 24.3 Å². The molecule has 0 unspecified atom stereocenters. The molecule has 2 heterocycles. The predicted molar refractivity (Wildman–Crippen MR) is 108 cm³/mol. The molecular weight excluding hydrogens is 336 g/mol. The molecule has 0 aliphatic rings. The van der Waals surface area contributed by atoms with Gasteiger partial charge in [0.15, 0.2) is 0 Å². The molecule has 5 nitrogen and oxygen atoms in total. The fourth-order valence-electron chi connectivity index (χ4n) is 3.35. The maximum Gasteiger partial charge on any atom is 0.227 e. The molecule has 0 spiro atoms. The van der Waals surface area contributed by atoms with Crippen molar-refractivity contribution in [3.8, 4) is 0 Å². The zero-order valence-electron chi connectivity index (χ0n) is 16.0. The van der Waals surface area contributed by atoms with Crippen LogP contribution in [-0.4, -0.2) is 27.0 Å². The number of pyridine rings is 1. The van der Waals surface area contributed by atoms with Crippen LogP contribution in [0.4, 0.5) is 5.69 Å². The van der Waals surface area contributed by atoms with Gasteiger partial charge in [-0.2, -0.15) is 0 Å². The largest absolute Gasteiger partial charge is 0.336 e. The Bertz CT molecular complexity index is 839. The van der Waals surface area contributed by atoms with Gasteiger partial charge in [-0.15, -0.1) is 0 Å². The summed E-state index contributed by atoms with van der Waals surface area (Å²) in [7, 11) is 0. The van der Waals surface area contributed by atoms with E-state index in [9.17, 15) is 4.79 Å². The van der Waals surface area contributed by atoms with E-state index in [-0.39, 0.29) is 5.91 Å². The van der Waals surface area contributed by atoms with E-state index in [4.69, 9.17) is 0 Å². The molecule has 0 fully saturated rings. The number of anilines is 1. The third-order valence-corrected chi connectivity index (χ3v) is 4.73. The molecule has 0 atom stereocenters. The molecular formula is C22H26N4O.